The van der Waals surface area contributed by atoms with E-state index in [2.05, 4.69) is 5.73 Å². The van der Waals surface area contributed by atoms with Crippen LogP contribution in [-0.2, 0) is 31.0 Å². The average Bonchev–Trinajstić information content (AvgIpc) is 1.38. The van der Waals surface area contributed by atoms with Gasteiger partial charge in [-0.15, -0.1) is 0 Å². The molecule has 0 rings (SSSR count). The van der Waals surface area contributed by atoms with Crippen LogP contribution in [0, 0.1) is 0 Å². The van der Waals surface area contributed by atoms with Gasteiger partial charge in [-0.05, 0) is 0 Å². The van der Waals surface area contributed by atoms with E-state index in [9.17, 15) is 4.79 Å². The van der Waals surface area contributed by atoms with Gasteiger partial charge < -0.3 is 133 Å². The van der Waals surface area contributed by atoms with Crippen molar-refractivity contribution in [2.45, 2.75) is 0 Å². The molecule has 0 aliphatic heterocycles. The van der Waals surface area contributed by atoms with E-state index in [4.69, 9.17) is 5.11 Å². The first-order valence-corrected chi connectivity index (χ1v) is 1.19. The molecule has 26 heavy (non-hydrogen) atoms. The second-order valence-electron chi connectivity index (χ2n) is 0.598. The van der Waals surface area contributed by atoms with Crippen LogP contribution in [0.1, 0.15) is 0 Å². The summed E-state index contributed by atoms with van der Waals surface area (Å²) < 4.78 is 0. The van der Waals surface area contributed by atoms with Crippen molar-refractivity contribution < 1.29 is 158 Å². The molecule has 14 N–H and O–H groups in total. The summed E-state index contributed by atoms with van der Waals surface area (Å²) in [4.78, 5) is 9.24. The van der Waals surface area contributed by atoms with Crippen LogP contribution in [-0.4, -0.2) is 147 Å². The van der Waals surface area contributed by atoms with Crippen LogP contribution in [0.25, 0.3) is 0 Å². The van der Waals surface area contributed by atoms with E-state index in [1.54, 1.807) is 0 Å². The second kappa shape index (κ2) is 386. The van der Waals surface area contributed by atoms with E-state index in [0.717, 1.165) is 0 Å². The fourth-order valence-corrected chi connectivity index (χ4v) is 0. The Hall–Kier alpha value is 3.45. The summed E-state index contributed by atoms with van der Waals surface area (Å²) in [5, 5.41) is 7.60. The number of halogens is 5. The van der Waals surface area contributed by atoms with Crippen molar-refractivity contribution in [1.29, 1.82) is 0 Å². The largest absolute Gasteiger partial charge is 4.00 e. The number of carboxylic acids is 1. The summed E-state index contributed by atoms with van der Waals surface area (Å²) >= 11 is 0. The Morgan fingerprint density at radius 2 is 0.577 bits per heavy atom. The van der Waals surface area contributed by atoms with Gasteiger partial charge in [0.2, 0.25) is 0 Å². The number of hydrogen-bond acceptors (Lipinski definition) is 13. The molecule has 0 aliphatic rings. The maximum atomic E-state index is 9.24. The Kier molecular flexibility index (Phi) is 6370. The van der Waals surface area contributed by atoms with Crippen molar-refractivity contribution in [2.75, 3.05) is 6.54 Å². The van der Waals surface area contributed by atoms with Gasteiger partial charge in [0, 0.05) is 0 Å². The first-order chi connectivity index (χ1) is 2.27. The molecule has 0 unspecified atom stereocenters. The quantitative estimate of drug-likeness (QED) is 0.252. The summed E-state index contributed by atoms with van der Waals surface area (Å²) in [6.45, 7) is -0.278. The van der Waals surface area contributed by atoms with E-state index in [1.165, 1.54) is 0 Å². The summed E-state index contributed by atoms with van der Waals surface area (Å²) in [6.07, 6.45) is 0. The van der Waals surface area contributed by atoms with Gasteiger partial charge >= 0.3 is 102 Å². The Morgan fingerprint density at radius 1 is 0.538 bits per heavy atom. The van der Waals surface area contributed by atoms with Crippen molar-refractivity contribution in [1.82, 2.24) is 0 Å². The monoisotopic (exact) mass is 635 g/mol. The minimum Gasteiger partial charge on any atom is -1.00 e. The van der Waals surface area contributed by atoms with Crippen molar-refractivity contribution in [2.24, 2.45) is 5.73 Å². The molecular formula is C2H16Al4Cl5NO13Zr. The number of aliphatic carboxylic acids is 1. The van der Waals surface area contributed by atoms with E-state index in [1.807, 2.05) is 0 Å². The fraction of sp³-hybridized carbons (Fsp3) is 0.500. The van der Waals surface area contributed by atoms with Crippen molar-refractivity contribution in [3.63, 3.8) is 0 Å². The molecule has 0 saturated heterocycles. The molecule has 158 valence electrons. The Balaban J connectivity index is -0.000000000381. The SMILES string of the molecule is NCC(=O)O.[Al+3].[Al+3].[Al+3].[Al+3].[Cl-].[Cl-].[Cl-].[Cl-].[Cl-].[OH-].[OH-].[OH-].[OH-].[OH-].[OH-].[OH-].[OH-].[OH-].[OH-].[OH-].[Zr+4]. The number of hydrogen-bond donors (Lipinski definition) is 2. The zero-order chi connectivity index (χ0) is 4.28. The normalized spacial score (nSPS) is 1.42. The van der Waals surface area contributed by atoms with Crippen LogP contribution in [0.4, 0.5) is 0 Å². The van der Waals surface area contributed by atoms with Crippen molar-refractivity contribution in [3.8, 4) is 0 Å². The number of rotatable bonds is 1. The van der Waals surface area contributed by atoms with Gasteiger partial charge in [0.15, 0.2) is 0 Å². The Labute approximate surface area is 243 Å². The summed E-state index contributed by atoms with van der Waals surface area (Å²) in [7, 11) is 0. The average molecular weight is 639 g/mol. The molecule has 0 heterocycles. The standard InChI is InChI=1S/C2H5NO2.4Al.5ClH.11H2O.Zr/c3-1-2(4)5;;;;;;;;;;;;;;;;;;;;;/h1,3H2,(H,4,5);;;;;5*1H;11*1H2;/q;4*+3;;;;;;;;;;;;;;;;;+4/p-16. The predicted octanol–water partition coefficient (Wildman–Crippen LogP) is -19.4. The summed E-state index contributed by atoms with van der Waals surface area (Å²) in [5.74, 6) is -0.968. The summed E-state index contributed by atoms with van der Waals surface area (Å²) in [6, 6.07) is 0. The first kappa shape index (κ1) is 429. The van der Waals surface area contributed by atoms with E-state index in [0.29, 0.717) is 0 Å². The van der Waals surface area contributed by atoms with Crippen LogP contribution in [0.3, 0.4) is 0 Å². The summed E-state index contributed by atoms with van der Waals surface area (Å²) in [5.41, 5.74) is 4.57. The Morgan fingerprint density at radius 3 is 0.577 bits per heavy atom. The smallest absolute Gasteiger partial charge is 1.00 e. The molecule has 0 radical (unpaired) electrons. The third kappa shape index (κ3) is 646. The van der Waals surface area contributed by atoms with Gasteiger partial charge in [0.05, 0.1) is 6.54 Å². The van der Waals surface area contributed by atoms with E-state index in [-0.39, 0.29) is 224 Å². The minimum atomic E-state index is -0.968. The predicted molar refractivity (Wildman–Crippen MR) is 61.0 cm³/mol. The molecule has 0 atom stereocenters. The molecular weight excluding hydrogens is 622 g/mol. The van der Waals surface area contributed by atoms with Gasteiger partial charge in [0.1, 0.15) is 0 Å². The van der Waals surface area contributed by atoms with Crippen LogP contribution in [0.5, 0.6) is 0 Å². The molecule has 0 amide bonds. The molecule has 14 nitrogen and oxygen atoms in total. The first-order valence-electron chi connectivity index (χ1n) is 1.19. The van der Waals surface area contributed by atoms with Gasteiger partial charge in [-0.2, -0.15) is 0 Å². The van der Waals surface area contributed by atoms with Gasteiger partial charge in [-0.1, -0.05) is 0 Å². The van der Waals surface area contributed by atoms with Crippen LogP contribution in [0.2, 0.25) is 0 Å². The number of carbonyl (C=O) groups is 1. The van der Waals surface area contributed by atoms with E-state index >= 15 is 0 Å². The van der Waals surface area contributed by atoms with E-state index < -0.39 is 5.97 Å². The second-order valence-corrected chi connectivity index (χ2v) is 0.598. The fourth-order valence-electron chi connectivity index (χ4n) is 0. The maximum Gasteiger partial charge on any atom is 4.00 e. The minimum absolute atomic E-state index is 0. The zero-order valence-electron chi connectivity index (χ0n) is 12.3. The molecule has 0 aromatic carbocycles. The molecule has 0 aromatic rings. The molecule has 0 bridgehead atoms. The molecule has 0 aliphatic carbocycles. The van der Waals surface area contributed by atoms with Crippen molar-refractivity contribution in [3.05, 3.63) is 0 Å². The van der Waals surface area contributed by atoms with Gasteiger partial charge in [0.25, 0.3) is 0 Å². The molecule has 0 saturated carbocycles. The molecule has 0 spiro atoms. The topological polar surface area (TPSA) is 393 Å². The zero-order valence-corrected chi connectivity index (χ0v) is 23.1. The van der Waals surface area contributed by atoms with Gasteiger partial charge in [-0.3, -0.25) is 4.79 Å². The number of carboxylic acid groups (broad SMARTS) is 1. The van der Waals surface area contributed by atoms with Gasteiger partial charge in [-0.25, -0.2) is 0 Å². The Bertz CT molecular complexity index is 87.8. The third-order valence-corrected chi connectivity index (χ3v) is 0.175. The maximum absolute atomic E-state index is 9.24. The molecule has 24 heteroatoms. The van der Waals surface area contributed by atoms with Crippen molar-refractivity contribution >= 4 is 75.4 Å². The molecule has 0 aromatic heterocycles. The van der Waals surface area contributed by atoms with Crippen LogP contribution < -0.4 is 67.8 Å². The number of nitrogens with two attached hydrogens (primary N) is 1. The molecule has 0 fully saturated rings. The van der Waals surface area contributed by atoms with Crippen LogP contribution in [0.15, 0.2) is 0 Å². The van der Waals surface area contributed by atoms with Crippen LogP contribution >= 0.6 is 0 Å². The third-order valence-electron chi connectivity index (χ3n) is 0.175.